The molecule has 0 amide bonds. The largest absolute Gasteiger partial charge is 0.424 e. The Morgan fingerprint density at radius 2 is 2.00 bits per heavy atom. The highest BCUT2D eigenvalue weighted by Crippen LogP contribution is 2.27. The predicted molar refractivity (Wildman–Crippen MR) is 73.2 cm³/mol. The van der Waals surface area contributed by atoms with Crippen LogP contribution in [0.15, 0.2) is 24.3 Å². The molecule has 2 N–H and O–H groups in total. The molecule has 0 spiro atoms. The summed E-state index contributed by atoms with van der Waals surface area (Å²) in [6.45, 7) is 2.31. The van der Waals surface area contributed by atoms with E-state index >= 15 is 0 Å². The summed E-state index contributed by atoms with van der Waals surface area (Å²) in [7, 11) is 0. The Hall–Kier alpha value is -1.94. The van der Waals surface area contributed by atoms with Gasteiger partial charge in [0, 0.05) is 12.2 Å². The van der Waals surface area contributed by atoms with Crippen molar-refractivity contribution in [2.75, 3.05) is 0 Å². The standard InChI is InChI=1S/C15H17N3O/c1-10-7-13(9-16)18-15(17-10)19-14-6-5-11-3-2-4-12(11)8-14/h5-8H,2-4,9,16H2,1H3. The molecule has 3 rings (SSSR count). The summed E-state index contributed by atoms with van der Waals surface area (Å²) in [5, 5.41) is 0. The molecule has 0 bridgehead atoms. The van der Waals surface area contributed by atoms with Gasteiger partial charge in [0.2, 0.25) is 0 Å². The van der Waals surface area contributed by atoms with E-state index in [0.717, 1.165) is 23.6 Å². The second-order valence-corrected chi connectivity index (χ2v) is 4.87. The zero-order valence-corrected chi connectivity index (χ0v) is 11.0. The van der Waals surface area contributed by atoms with E-state index in [2.05, 4.69) is 22.1 Å². The van der Waals surface area contributed by atoms with Gasteiger partial charge < -0.3 is 10.5 Å². The van der Waals surface area contributed by atoms with Crippen LogP contribution in [0.4, 0.5) is 0 Å². The van der Waals surface area contributed by atoms with Crippen LogP contribution in [0, 0.1) is 6.92 Å². The normalized spacial score (nSPS) is 13.4. The Kier molecular flexibility index (Phi) is 3.17. The fourth-order valence-corrected chi connectivity index (χ4v) is 2.47. The molecule has 0 radical (unpaired) electrons. The number of nitrogens with zero attached hydrogens (tertiary/aromatic N) is 2. The van der Waals surface area contributed by atoms with Crippen LogP contribution in [0.25, 0.3) is 0 Å². The van der Waals surface area contributed by atoms with Crippen molar-refractivity contribution in [3.05, 3.63) is 46.8 Å². The molecule has 1 aliphatic carbocycles. The Labute approximate surface area is 112 Å². The van der Waals surface area contributed by atoms with E-state index in [4.69, 9.17) is 10.5 Å². The van der Waals surface area contributed by atoms with Gasteiger partial charge in [-0.05, 0) is 55.5 Å². The van der Waals surface area contributed by atoms with Gasteiger partial charge in [-0.25, -0.2) is 4.98 Å². The molecular formula is C15H17N3O. The first-order chi connectivity index (χ1) is 9.24. The Balaban J connectivity index is 1.86. The molecule has 4 heteroatoms. The minimum absolute atomic E-state index is 0.374. The van der Waals surface area contributed by atoms with Crippen LogP contribution < -0.4 is 10.5 Å². The van der Waals surface area contributed by atoms with Crippen molar-refractivity contribution in [1.29, 1.82) is 0 Å². The Morgan fingerprint density at radius 3 is 2.84 bits per heavy atom. The maximum atomic E-state index is 5.75. The van der Waals surface area contributed by atoms with Gasteiger partial charge in [0.1, 0.15) is 5.75 Å². The zero-order chi connectivity index (χ0) is 13.2. The minimum atomic E-state index is 0.374. The second-order valence-electron chi connectivity index (χ2n) is 4.87. The average molecular weight is 255 g/mol. The van der Waals surface area contributed by atoms with Crippen LogP contribution in [0.5, 0.6) is 11.8 Å². The maximum Gasteiger partial charge on any atom is 0.322 e. The lowest BCUT2D eigenvalue weighted by Crippen LogP contribution is -2.03. The van der Waals surface area contributed by atoms with Crippen LogP contribution in [0.2, 0.25) is 0 Å². The van der Waals surface area contributed by atoms with E-state index in [1.807, 2.05) is 19.1 Å². The van der Waals surface area contributed by atoms with Gasteiger partial charge in [-0.15, -0.1) is 0 Å². The molecule has 0 aliphatic heterocycles. The summed E-state index contributed by atoms with van der Waals surface area (Å²) in [4.78, 5) is 8.56. The van der Waals surface area contributed by atoms with Crippen molar-refractivity contribution >= 4 is 0 Å². The maximum absolute atomic E-state index is 5.75. The van der Waals surface area contributed by atoms with E-state index in [9.17, 15) is 0 Å². The number of aryl methyl sites for hydroxylation is 3. The van der Waals surface area contributed by atoms with Gasteiger partial charge in [-0.1, -0.05) is 6.07 Å². The number of hydrogen-bond acceptors (Lipinski definition) is 4. The summed E-state index contributed by atoms with van der Waals surface area (Å²) < 4.78 is 5.75. The van der Waals surface area contributed by atoms with Crippen molar-refractivity contribution in [2.45, 2.75) is 32.7 Å². The fraction of sp³-hybridized carbons (Fsp3) is 0.333. The van der Waals surface area contributed by atoms with Crippen molar-refractivity contribution in [1.82, 2.24) is 9.97 Å². The van der Waals surface area contributed by atoms with E-state index in [1.54, 1.807) is 0 Å². The third-order valence-electron chi connectivity index (χ3n) is 3.37. The average Bonchev–Trinajstić information content (AvgIpc) is 2.85. The SMILES string of the molecule is Cc1cc(CN)nc(Oc2ccc3c(c2)CCC3)n1. The van der Waals surface area contributed by atoms with E-state index in [-0.39, 0.29) is 0 Å². The van der Waals surface area contributed by atoms with Gasteiger partial charge in [0.25, 0.3) is 0 Å². The van der Waals surface area contributed by atoms with Gasteiger partial charge in [0.05, 0.1) is 5.69 Å². The van der Waals surface area contributed by atoms with Crippen molar-refractivity contribution in [3.8, 4) is 11.8 Å². The molecule has 1 aromatic heterocycles. The number of rotatable bonds is 3. The highest BCUT2D eigenvalue weighted by Gasteiger charge is 2.12. The smallest absolute Gasteiger partial charge is 0.322 e. The van der Waals surface area contributed by atoms with Crippen molar-refractivity contribution in [3.63, 3.8) is 0 Å². The Morgan fingerprint density at radius 1 is 1.16 bits per heavy atom. The van der Waals surface area contributed by atoms with Crippen LogP contribution in [-0.2, 0) is 19.4 Å². The van der Waals surface area contributed by atoms with Crippen molar-refractivity contribution in [2.24, 2.45) is 5.73 Å². The molecule has 0 saturated heterocycles. The Bertz CT molecular complexity index is 610. The van der Waals surface area contributed by atoms with Crippen LogP contribution in [0.3, 0.4) is 0 Å². The molecule has 98 valence electrons. The number of nitrogens with two attached hydrogens (primary N) is 1. The molecule has 1 heterocycles. The quantitative estimate of drug-likeness (QED) is 0.915. The number of hydrogen-bond donors (Lipinski definition) is 1. The molecule has 1 aromatic carbocycles. The van der Waals surface area contributed by atoms with Crippen LogP contribution >= 0.6 is 0 Å². The summed E-state index contributed by atoms with van der Waals surface area (Å²) in [5.41, 5.74) is 10.1. The first kappa shape index (κ1) is 12.1. The minimum Gasteiger partial charge on any atom is -0.424 e. The lowest BCUT2D eigenvalue weighted by atomic mass is 10.1. The molecule has 0 saturated carbocycles. The van der Waals surface area contributed by atoms with E-state index in [1.165, 1.54) is 24.0 Å². The molecule has 0 fully saturated rings. The summed E-state index contributed by atoms with van der Waals surface area (Å²) >= 11 is 0. The van der Waals surface area contributed by atoms with Crippen molar-refractivity contribution < 1.29 is 4.74 Å². The third-order valence-corrected chi connectivity index (χ3v) is 3.37. The predicted octanol–water partition coefficient (Wildman–Crippen LogP) is 2.52. The van der Waals surface area contributed by atoms with E-state index < -0.39 is 0 Å². The lowest BCUT2D eigenvalue weighted by Gasteiger charge is -2.08. The molecule has 0 atom stereocenters. The highest BCUT2D eigenvalue weighted by molar-refractivity contribution is 5.39. The van der Waals surface area contributed by atoms with E-state index in [0.29, 0.717) is 12.6 Å². The molecule has 2 aromatic rings. The molecule has 0 unspecified atom stereocenters. The number of benzene rings is 1. The third kappa shape index (κ3) is 2.58. The molecule has 1 aliphatic rings. The van der Waals surface area contributed by atoms with Gasteiger partial charge in [0.15, 0.2) is 0 Å². The highest BCUT2D eigenvalue weighted by atomic mass is 16.5. The number of aromatic nitrogens is 2. The fourth-order valence-electron chi connectivity index (χ4n) is 2.47. The van der Waals surface area contributed by atoms with Crippen LogP contribution in [-0.4, -0.2) is 9.97 Å². The molecule has 19 heavy (non-hydrogen) atoms. The first-order valence-corrected chi connectivity index (χ1v) is 6.59. The monoisotopic (exact) mass is 255 g/mol. The summed E-state index contributed by atoms with van der Waals surface area (Å²) in [5.74, 6) is 0.800. The molecule has 4 nitrogen and oxygen atoms in total. The second kappa shape index (κ2) is 4.97. The van der Waals surface area contributed by atoms with Gasteiger partial charge in [-0.3, -0.25) is 0 Å². The summed E-state index contributed by atoms with van der Waals surface area (Å²) in [6.07, 6.45) is 3.54. The number of fused-ring (bicyclic) bond motifs is 1. The topological polar surface area (TPSA) is 61.0 Å². The lowest BCUT2D eigenvalue weighted by molar-refractivity contribution is 0.437. The van der Waals surface area contributed by atoms with Gasteiger partial charge >= 0.3 is 6.01 Å². The summed E-state index contributed by atoms with van der Waals surface area (Å²) in [6, 6.07) is 8.46. The van der Waals surface area contributed by atoms with Gasteiger partial charge in [-0.2, -0.15) is 4.98 Å². The van der Waals surface area contributed by atoms with Crippen LogP contribution in [0.1, 0.15) is 28.9 Å². The molecular weight excluding hydrogens is 238 g/mol. The first-order valence-electron chi connectivity index (χ1n) is 6.59. The zero-order valence-electron chi connectivity index (χ0n) is 11.0. The number of ether oxygens (including phenoxy) is 1.